The number of hydrogen-bond acceptors (Lipinski definition) is 6. The molecule has 2 aromatic rings. The van der Waals surface area contributed by atoms with Crippen molar-refractivity contribution in [2.75, 3.05) is 19.7 Å². The van der Waals surface area contributed by atoms with Gasteiger partial charge in [0.2, 0.25) is 10.0 Å². The maximum absolute atomic E-state index is 13.1. The van der Waals surface area contributed by atoms with Crippen LogP contribution in [0.5, 0.6) is 0 Å². The number of nitrogens with zero attached hydrogens (tertiary/aromatic N) is 1. The summed E-state index contributed by atoms with van der Waals surface area (Å²) in [5.74, 6) is -2.60. The molecule has 10 heteroatoms. The van der Waals surface area contributed by atoms with Gasteiger partial charge in [-0.3, -0.25) is 19.3 Å². The first kappa shape index (κ1) is 19.6. The summed E-state index contributed by atoms with van der Waals surface area (Å²) in [7, 11) is -4.08. The van der Waals surface area contributed by atoms with E-state index in [2.05, 4.69) is 0 Å². The molecule has 2 aromatic carbocycles. The standard InChI is InChI=1S/C18H15FN2O6S/c19-12-4-3-5-13(10-12)28(25,26)20-11-16(22)27-9-8-21-17(23)14-6-1-2-7-15(14)18(21)24/h1-7,10,20H,8-9,11H2. The van der Waals surface area contributed by atoms with Gasteiger partial charge in [-0.2, -0.15) is 4.72 Å². The van der Waals surface area contributed by atoms with Crippen molar-refractivity contribution in [1.82, 2.24) is 9.62 Å². The van der Waals surface area contributed by atoms with Crippen LogP contribution in [-0.2, 0) is 19.6 Å². The molecule has 0 bridgehead atoms. The molecule has 0 radical (unpaired) electrons. The third kappa shape index (κ3) is 4.07. The van der Waals surface area contributed by atoms with E-state index in [4.69, 9.17) is 4.74 Å². The lowest BCUT2D eigenvalue weighted by Crippen LogP contribution is -2.35. The Kier molecular flexibility index (Phi) is 5.52. The first-order chi connectivity index (χ1) is 13.3. The van der Waals surface area contributed by atoms with Gasteiger partial charge in [0, 0.05) is 0 Å². The molecule has 0 unspecified atom stereocenters. The van der Waals surface area contributed by atoms with Crippen molar-refractivity contribution in [1.29, 1.82) is 0 Å². The Labute approximate surface area is 160 Å². The van der Waals surface area contributed by atoms with E-state index >= 15 is 0 Å². The highest BCUT2D eigenvalue weighted by molar-refractivity contribution is 7.89. The third-order valence-corrected chi connectivity index (χ3v) is 5.37. The normalized spacial score (nSPS) is 13.5. The molecule has 3 rings (SSSR count). The Morgan fingerprint density at radius 2 is 1.68 bits per heavy atom. The van der Waals surface area contributed by atoms with E-state index in [0.29, 0.717) is 0 Å². The molecule has 0 aliphatic carbocycles. The third-order valence-electron chi connectivity index (χ3n) is 3.97. The molecule has 0 atom stereocenters. The number of ether oxygens (including phenoxy) is 1. The van der Waals surface area contributed by atoms with Crippen LogP contribution >= 0.6 is 0 Å². The fourth-order valence-corrected chi connectivity index (χ4v) is 3.62. The number of hydrogen-bond donors (Lipinski definition) is 1. The fourth-order valence-electron chi connectivity index (χ4n) is 2.62. The van der Waals surface area contributed by atoms with Gasteiger partial charge in [-0.05, 0) is 30.3 Å². The molecule has 0 fully saturated rings. The number of esters is 1. The summed E-state index contributed by atoms with van der Waals surface area (Å²) in [6.45, 7) is -1.12. The minimum absolute atomic E-state index is 0.158. The molecule has 1 aliphatic rings. The number of imide groups is 1. The van der Waals surface area contributed by atoms with Crippen molar-refractivity contribution in [3.05, 3.63) is 65.5 Å². The Bertz CT molecular complexity index is 1020. The predicted molar refractivity (Wildman–Crippen MR) is 94.4 cm³/mol. The van der Waals surface area contributed by atoms with Gasteiger partial charge < -0.3 is 4.74 Å². The van der Waals surface area contributed by atoms with E-state index in [1.54, 1.807) is 12.1 Å². The summed E-state index contributed by atoms with van der Waals surface area (Å²) in [6.07, 6.45) is 0. The first-order valence-electron chi connectivity index (χ1n) is 8.16. The van der Waals surface area contributed by atoms with Crippen LogP contribution in [0.3, 0.4) is 0 Å². The number of carbonyl (C=O) groups excluding carboxylic acids is 3. The first-order valence-corrected chi connectivity index (χ1v) is 9.64. The maximum Gasteiger partial charge on any atom is 0.321 e. The molecule has 1 aliphatic heterocycles. The van der Waals surface area contributed by atoms with Crippen LogP contribution in [0, 0.1) is 5.82 Å². The average molecular weight is 406 g/mol. The van der Waals surface area contributed by atoms with Crippen molar-refractivity contribution in [3.8, 4) is 0 Å². The molecule has 146 valence electrons. The molecule has 1 heterocycles. The van der Waals surface area contributed by atoms with Crippen molar-refractivity contribution < 1.29 is 31.9 Å². The number of benzene rings is 2. The van der Waals surface area contributed by atoms with Crippen molar-refractivity contribution in [3.63, 3.8) is 0 Å². The van der Waals surface area contributed by atoms with Crippen molar-refractivity contribution in [2.24, 2.45) is 0 Å². The zero-order valence-electron chi connectivity index (χ0n) is 14.4. The smallest absolute Gasteiger partial charge is 0.321 e. The largest absolute Gasteiger partial charge is 0.463 e. The molecule has 28 heavy (non-hydrogen) atoms. The molecule has 0 spiro atoms. The van der Waals surface area contributed by atoms with Crippen LogP contribution < -0.4 is 4.72 Å². The minimum Gasteiger partial charge on any atom is -0.463 e. The summed E-state index contributed by atoms with van der Waals surface area (Å²) >= 11 is 0. The van der Waals surface area contributed by atoms with Crippen LogP contribution in [0.15, 0.2) is 53.4 Å². The summed E-state index contributed by atoms with van der Waals surface area (Å²) in [5, 5.41) is 0. The molecular formula is C18H15FN2O6S. The second kappa shape index (κ2) is 7.87. The SMILES string of the molecule is O=C(CNS(=O)(=O)c1cccc(F)c1)OCCN1C(=O)c2ccccc2C1=O. The number of carbonyl (C=O) groups is 3. The van der Waals surface area contributed by atoms with Crippen LogP contribution in [0.25, 0.3) is 0 Å². The summed E-state index contributed by atoms with van der Waals surface area (Å²) in [5.41, 5.74) is 0.559. The van der Waals surface area contributed by atoms with Crippen molar-refractivity contribution in [2.45, 2.75) is 4.90 Å². The number of rotatable bonds is 7. The molecule has 0 saturated carbocycles. The minimum atomic E-state index is -4.08. The van der Waals surface area contributed by atoms with Gasteiger partial charge in [0.25, 0.3) is 11.8 Å². The van der Waals surface area contributed by atoms with Crippen molar-refractivity contribution >= 4 is 27.8 Å². The van der Waals surface area contributed by atoms with Gasteiger partial charge >= 0.3 is 5.97 Å². The van der Waals surface area contributed by atoms with Crippen LogP contribution in [0.2, 0.25) is 0 Å². The van der Waals surface area contributed by atoms with Gasteiger partial charge in [0.1, 0.15) is 19.0 Å². The van der Waals surface area contributed by atoms with Gasteiger partial charge in [-0.25, -0.2) is 12.8 Å². The number of nitrogens with one attached hydrogen (secondary N) is 1. The van der Waals surface area contributed by atoms with E-state index in [9.17, 15) is 27.2 Å². The molecule has 0 saturated heterocycles. The monoisotopic (exact) mass is 406 g/mol. The topological polar surface area (TPSA) is 110 Å². The lowest BCUT2D eigenvalue weighted by molar-refractivity contribution is -0.142. The number of halogens is 1. The summed E-state index contributed by atoms with van der Waals surface area (Å²) in [4.78, 5) is 36.7. The highest BCUT2D eigenvalue weighted by Crippen LogP contribution is 2.21. The summed E-state index contributed by atoms with van der Waals surface area (Å²) in [6, 6.07) is 10.6. The Morgan fingerprint density at radius 3 is 2.29 bits per heavy atom. The van der Waals surface area contributed by atoms with Gasteiger partial charge in [-0.1, -0.05) is 18.2 Å². The zero-order valence-corrected chi connectivity index (χ0v) is 15.2. The Hall–Kier alpha value is -3.11. The maximum atomic E-state index is 13.1. The van der Waals surface area contributed by atoms with Crippen LogP contribution in [0.1, 0.15) is 20.7 Å². The van der Waals surface area contributed by atoms with Crippen LogP contribution in [0.4, 0.5) is 4.39 Å². The second-order valence-electron chi connectivity index (χ2n) is 5.81. The van der Waals surface area contributed by atoms with Crippen LogP contribution in [-0.4, -0.2) is 50.8 Å². The fraction of sp³-hybridized carbons (Fsp3) is 0.167. The van der Waals surface area contributed by atoms with E-state index in [1.807, 2.05) is 4.72 Å². The van der Waals surface area contributed by atoms with E-state index in [-0.39, 0.29) is 29.2 Å². The van der Waals surface area contributed by atoms with E-state index in [1.165, 1.54) is 24.3 Å². The summed E-state index contributed by atoms with van der Waals surface area (Å²) < 4.78 is 44.0. The number of amides is 2. The highest BCUT2D eigenvalue weighted by atomic mass is 32.2. The number of sulfonamides is 1. The van der Waals surface area contributed by atoms with Gasteiger partial charge in [-0.15, -0.1) is 0 Å². The molecule has 8 nitrogen and oxygen atoms in total. The molecule has 0 aromatic heterocycles. The quantitative estimate of drug-likeness (QED) is 0.541. The Balaban J connectivity index is 1.49. The zero-order chi connectivity index (χ0) is 20.3. The van der Waals surface area contributed by atoms with Gasteiger partial charge in [0.15, 0.2) is 0 Å². The number of fused-ring (bicyclic) bond motifs is 1. The van der Waals surface area contributed by atoms with Gasteiger partial charge in [0.05, 0.1) is 22.6 Å². The highest BCUT2D eigenvalue weighted by Gasteiger charge is 2.34. The van der Waals surface area contributed by atoms with E-state index in [0.717, 1.165) is 17.0 Å². The average Bonchev–Trinajstić information content (AvgIpc) is 2.92. The van der Waals surface area contributed by atoms with E-state index < -0.39 is 40.2 Å². The lowest BCUT2D eigenvalue weighted by Gasteiger charge is -2.14. The molecular weight excluding hydrogens is 391 g/mol. The predicted octanol–water partition coefficient (Wildman–Crippen LogP) is 0.943. The second-order valence-corrected chi connectivity index (χ2v) is 7.58. The Morgan fingerprint density at radius 1 is 1.04 bits per heavy atom. The molecule has 2 amide bonds. The molecule has 1 N–H and O–H groups in total. The lowest BCUT2D eigenvalue weighted by atomic mass is 10.1.